The summed E-state index contributed by atoms with van der Waals surface area (Å²) in [6.45, 7) is 16.1. The zero-order chi connectivity index (χ0) is 19.4. The molecule has 0 amide bonds. The van der Waals surface area contributed by atoms with Crippen LogP contribution >= 0.6 is 0 Å². The highest BCUT2D eigenvalue weighted by Crippen LogP contribution is 2.25. The second kappa shape index (κ2) is 8.54. The predicted molar refractivity (Wildman–Crippen MR) is 112 cm³/mol. The predicted octanol–water partition coefficient (Wildman–Crippen LogP) is 3.51. The van der Waals surface area contributed by atoms with Crippen molar-refractivity contribution in [3.63, 3.8) is 0 Å². The third kappa shape index (κ3) is 6.70. The van der Waals surface area contributed by atoms with Gasteiger partial charge in [0.05, 0.1) is 0 Å². The minimum atomic E-state index is -2.95. The van der Waals surface area contributed by atoms with Gasteiger partial charge in [-0.25, -0.2) is 0 Å². The topological polar surface area (TPSA) is 46.2 Å². The Morgan fingerprint density at radius 2 is 1.36 bits per heavy atom. The minimum Gasteiger partial charge on any atom is -0.430 e. The van der Waals surface area contributed by atoms with Crippen molar-refractivity contribution in [2.75, 3.05) is 14.2 Å². The summed E-state index contributed by atoms with van der Waals surface area (Å²) in [6, 6.07) is 10.1. The van der Waals surface area contributed by atoms with Gasteiger partial charge in [-0.1, -0.05) is 36.0 Å². The molecule has 2 unspecified atom stereocenters. The third-order valence-electron chi connectivity index (χ3n) is 3.92. The van der Waals surface area contributed by atoms with Gasteiger partial charge in [0.15, 0.2) is 8.32 Å². The molecule has 0 aliphatic rings. The SMILES string of the molecule is C=C[Si](C)(C)O[Si](C)(O[Si](C)(OC)O[Si](C)(C)OC)c1ccccc1. The van der Waals surface area contributed by atoms with E-state index in [0.717, 1.165) is 5.19 Å². The van der Waals surface area contributed by atoms with E-state index in [0.29, 0.717) is 0 Å². The van der Waals surface area contributed by atoms with Gasteiger partial charge >= 0.3 is 25.9 Å². The molecule has 2 atom stereocenters. The molecule has 0 fully saturated rings. The molecular formula is C16H32O5Si4. The molecule has 142 valence electrons. The monoisotopic (exact) mass is 416 g/mol. The summed E-state index contributed by atoms with van der Waals surface area (Å²) >= 11 is 0. The van der Waals surface area contributed by atoms with Crippen molar-refractivity contribution in [1.82, 2.24) is 0 Å². The molecule has 5 nitrogen and oxygen atoms in total. The Kier molecular flexibility index (Phi) is 7.75. The zero-order valence-corrected chi connectivity index (χ0v) is 20.7. The highest BCUT2D eigenvalue weighted by molar-refractivity contribution is 6.95. The molecule has 0 aliphatic heterocycles. The lowest BCUT2D eigenvalue weighted by Crippen LogP contribution is -2.65. The number of hydrogen-bond acceptors (Lipinski definition) is 5. The van der Waals surface area contributed by atoms with Crippen molar-refractivity contribution < 1.29 is 21.2 Å². The first-order valence-electron chi connectivity index (χ1n) is 8.31. The molecule has 1 aromatic carbocycles. The van der Waals surface area contributed by atoms with Crippen molar-refractivity contribution in [3.05, 3.63) is 42.6 Å². The summed E-state index contributed by atoms with van der Waals surface area (Å²) < 4.78 is 30.7. The second-order valence-corrected chi connectivity index (χ2v) is 21.0. The van der Waals surface area contributed by atoms with Crippen LogP contribution in [0.15, 0.2) is 42.6 Å². The lowest BCUT2D eigenvalue weighted by atomic mass is 10.4. The Balaban J connectivity index is 3.25. The Bertz CT molecular complexity index is 569. The van der Waals surface area contributed by atoms with E-state index in [-0.39, 0.29) is 0 Å². The average Bonchev–Trinajstić information content (AvgIpc) is 2.54. The van der Waals surface area contributed by atoms with E-state index in [9.17, 15) is 0 Å². The van der Waals surface area contributed by atoms with Gasteiger partial charge in [0, 0.05) is 20.8 Å². The lowest BCUT2D eigenvalue weighted by molar-refractivity contribution is 0.168. The second-order valence-electron chi connectivity index (χ2n) is 7.10. The van der Waals surface area contributed by atoms with Crippen LogP contribution in [0, 0.1) is 0 Å². The molecule has 0 aromatic heterocycles. The fraction of sp³-hybridized carbons (Fsp3) is 0.500. The molecule has 0 radical (unpaired) electrons. The van der Waals surface area contributed by atoms with Crippen molar-refractivity contribution >= 4 is 39.4 Å². The Morgan fingerprint density at radius 3 is 1.80 bits per heavy atom. The standard InChI is InChI=1S/C16H32O5Si4/c1-10-22(4,5)19-24(8,16-14-12-11-13-15-16)21-25(9,18-3)20-23(6,7)17-2/h10-15H,1H2,2-9H3. The first-order valence-corrected chi connectivity index (χ1v) is 18.7. The molecule has 0 spiro atoms. The minimum absolute atomic E-state index is 1.05. The van der Waals surface area contributed by atoms with Crippen LogP contribution in [0.5, 0.6) is 0 Å². The van der Waals surface area contributed by atoms with Crippen LogP contribution in [0.4, 0.5) is 0 Å². The Hall–Kier alpha value is -0.372. The summed E-state index contributed by atoms with van der Waals surface area (Å²) in [6.07, 6.45) is 0. The van der Waals surface area contributed by atoms with Gasteiger partial charge in [0.1, 0.15) is 0 Å². The normalized spacial score (nSPS) is 17.6. The quantitative estimate of drug-likeness (QED) is 0.546. The summed E-state index contributed by atoms with van der Waals surface area (Å²) in [7, 11) is -6.86. The van der Waals surface area contributed by atoms with Gasteiger partial charge in [-0.2, -0.15) is 0 Å². The molecule has 0 bridgehead atoms. The molecular weight excluding hydrogens is 385 g/mol. The van der Waals surface area contributed by atoms with Gasteiger partial charge < -0.3 is 21.2 Å². The summed E-state index contributed by atoms with van der Waals surface area (Å²) in [5.74, 6) is 0. The summed E-state index contributed by atoms with van der Waals surface area (Å²) in [5, 5.41) is 1.05. The number of rotatable bonds is 10. The van der Waals surface area contributed by atoms with Crippen molar-refractivity contribution in [3.8, 4) is 0 Å². The molecule has 0 heterocycles. The van der Waals surface area contributed by atoms with Crippen LogP contribution in [0.2, 0.25) is 39.3 Å². The van der Waals surface area contributed by atoms with E-state index >= 15 is 0 Å². The van der Waals surface area contributed by atoms with Crippen molar-refractivity contribution in [2.24, 2.45) is 0 Å². The first kappa shape index (κ1) is 22.7. The van der Waals surface area contributed by atoms with Gasteiger partial charge in [0.25, 0.3) is 0 Å². The molecule has 0 saturated heterocycles. The molecule has 0 saturated carbocycles. The Labute approximate surface area is 156 Å². The highest BCUT2D eigenvalue weighted by Gasteiger charge is 2.51. The average molecular weight is 417 g/mol. The van der Waals surface area contributed by atoms with Crippen LogP contribution < -0.4 is 5.19 Å². The fourth-order valence-corrected chi connectivity index (χ4v) is 16.9. The largest absolute Gasteiger partial charge is 0.479 e. The number of benzene rings is 1. The molecule has 1 rings (SSSR count). The molecule has 25 heavy (non-hydrogen) atoms. The fourth-order valence-electron chi connectivity index (χ4n) is 2.37. The lowest BCUT2D eigenvalue weighted by Gasteiger charge is -2.41. The van der Waals surface area contributed by atoms with E-state index in [1.807, 2.05) is 55.7 Å². The Morgan fingerprint density at radius 1 is 0.800 bits per heavy atom. The third-order valence-corrected chi connectivity index (χ3v) is 18.2. The number of hydrogen-bond donors (Lipinski definition) is 0. The van der Waals surface area contributed by atoms with Crippen LogP contribution in [-0.2, 0) is 21.2 Å². The van der Waals surface area contributed by atoms with E-state index in [4.69, 9.17) is 21.2 Å². The zero-order valence-electron chi connectivity index (χ0n) is 16.7. The van der Waals surface area contributed by atoms with E-state index in [1.54, 1.807) is 14.2 Å². The highest BCUT2D eigenvalue weighted by atomic mass is 28.5. The van der Waals surface area contributed by atoms with Gasteiger partial charge in [-0.15, -0.1) is 6.58 Å². The van der Waals surface area contributed by atoms with E-state index < -0.39 is 34.2 Å². The van der Waals surface area contributed by atoms with Gasteiger partial charge in [-0.3, -0.25) is 0 Å². The van der Waals surface area contributed by atoms with Gasteiger partial charge in [0.2, 0.25) is 0 Å². The van der Waals surface area contributed by atoms with E-state index in [2.05, 4.69) is 26.2 Å². The van der Waals surface area contributed by atoms with Crippen LogP contribution in [0.3, 0.4) is 0 Å². The van der Waals surface area contributed by atoms with Gasteiger partial charge in [-0.05, 0) is 37.9 Å². The molecule has 0 N–H and O–H groups in total. The first-order chi connectivity index (χ1) is 11.4. The van der Waals surface area contributed by atoms with Crippen molar-refractivity contribution in [2.45, 2.75) is 39.3 Å². The summed E-state index contributed by atoms with van der Waals surface area (Å²) in [4.78, 5) is 0. The maximum absolute atomic E-state index is 6.59. The van der Waals surface area contributed by atoms with Crippen LogP contribution in [-0.4, -0.2) is 48.5 Å². The van der Waals surface area contributed by atoms with E-state index in [1.165, 1.54) is 0 Å². The molecule has 1 aromatic rings. The maximum Gasteiger partial charge on any atom is 0.479 e. The van der Waals surface area contributed by atoms with Crippen LogP contribution in [0.25, 0.3) is 0 Å². The van der Waals surface area contributed by atoms with Crippen molar-refractivity contribution in [1.29, 1.82) is 0 Å². The summed E-state index contributed by atoms with van der Waals surface area (Å²) in [5.41, 5.74) is 1.92. The maximum atomic E-state index is 6.59. The van der Waals surface area contributed by atoms with Crippen LogP contribution in [0.1, 0.15) is 0 Å². The smallest absolute Gasteiger partial charge is 0.430 e. The molecule has 9 heteroatoms. The molecule has 0 aliphatic carbocycles.